The predicted molar refractivity (Wildman–Crippen MR) is 125 cm³/mol. The number of aromatic nitrogens is 3. The third-order valence-corrected chi connectivity index (χ3v) is 6.05. The Morgan fingerprint density at radius 1 is 1.00 bits per heavy atom. The molecule has 5 rings (SSSR count). The minimum atomic E-state index is 0.248. The second kappa shape index (κ2) is 8.52. The van der Waals surface area contributed by atoms with Crippen LogP contribution in [-0.2, 0) is 11.2 Å². The van der Waals surface area contributed by atoms with Crippen molar-refractivity contribution in [3.8, 4) is 11.1 Å². The number of nitrogens with zero attached hydrogens (tertiary/aromatic N) is 3. The molecule has 31 heavy (non-hydrogen) atoms. The number of ether oxygens (including phenoxy) is 1. The number of hydrogen-bond acceptors (Lipinski definition) is 4. The van der Waals surface area contributed by atoms with Crippen LogP contribution in [0.4, 0.5) is 5.82 Å². The normalized spacial score (nSPS) is 16.1. The Morgan fingerprint density at radius 2 is 1.74 bits per heavy atom. The van der Waals surface area contributed by atoms with Crippen molar-refractivity contribution in [2.24, 2.45) is 0 Å². The van der Waals surface area contributed by atoms with Gasteiger partial charge in [-0.25, -0.2) is 4.98 Å². The van der Waals surface area contributed by atoms with Gasteiger partial charge < -0.3 is 10.1 Å². The van der Waals surface area contributed by atoms with Gasteiger partial charge in [-0.2, -0.15) is 9.61 Å². The highest BCUT2D eigenvalue weighted by atomic mass is 16.5. The Kier molecular flexibility index (Phi) is 5.43. The summed E-state index contributed by atoms with van der Waals surface area (Å²) in [6, 6.07) is 21.0. The van der Waals surface area contributed by atoms with E-state index >= 15 is 0 Å². The lowest BCUT2D eigenvalue weighted by Gasteiger charge is -2.18. The van der Waals surface area contributed by atoms with Gasteiger partial charge in [0, 0.05) is 36.4 Å². The largest absolute Gasteiger partial charge is 0.376 e. The van der Waals surface area contributed by atoms with Crippen molar-refractivity contribution in [2.75, 3.05) is 18.5 Å². The van der Waals surface area contributed by atoms with E-state index in [0.29, 0.717) is 0 Å². The maximum absolute atomic E-state index is 5.87. The van der Waals surface area contributed by atoms with Gasteiger partial charge in [0.05, 0.1) is 11.8 Å². The molecule has 2 aromatic carbocycles. The Labute approximate surface area is 183 Å². The maximum Gasteiger partial charge on any atom is 0.165 e. The topological polar surface area (TPSA) is 51.5 Å². The molecule has 1 N–H and O–H groups in total. The van der Waals surface area contributed by atoms with E-state index in [1.807, 2.05) is 10.6 Å². The van der Waals surface area contributed by atoms with Gasteiger partial charge in [-0.05, 0) is 37.8 Å². The zero-order valence-electron chi connectivity index (χ0n) is 18.1. The van der Waals surface area contributed by atoms with E-state index in [4.69, 9.17) is 14.8 Å². The van der Waals surface area contributed by atoms with Crippen LogP contribution in [0.25, 0.3) is 16.8 Å². The van der Waals surface area contributed by atoms with Gasteiger partial charge in [-0.15, -0.1) is 0 Å². The summed E-state index contributed by atoms with van der Waals surface area (Å²) < 4.78 is 7.86. The van der Waals surface area contributed by atoms with Crippen molar-refractivity contribution in [3.05, 3.63) is 83.2 Å². The van der Waals surface area contributed by atoms with Gasteiger partial charge in [0.2, 0.25) is 0 Å². The average Bonchev–Trinajstić information content (AvgIpc) is 3.42. The van der Waals surface area contributed by atoms with Crippen molar-refractivity contribution >= 4 is 11.5 Å². The summed E-state index contributed by atoms with van der Waals surface area (Å²) in [4.78, 5) is 5.04. The fraction of sp³-hybridized carbons (Fsp3) is 0.308. The molecule has 1 saturated heterocycles. The molecule has 0 unspecified atom stereocenters. The minimum Gasteiger partial charge on any atom is -0.376 e. The summed E-state index contributed by atoms with van der Waals surface area (Å²) in [5, 5.41) is 8.62. The van der Waals surface area contributed by atoms with Crippen LogP contribution in [0, 0.1) is 13.8 Å². The number of hydrogen-bond donors (Lipinski definition) is 1. The van der Waals surface area contributed by atoms with Crippen LogP contribution in [0.3, 0.4) is 0 Å². The van der Waals surface area contributed by atoms with E-state index in [1.54, 1.807) is 0 Å². The summed E-state index contributed by atoms with van der Waals surface area (Å²) >= 11 is 0. The van der Waals surface area contributed by atoms with Crippen LogP contribution in [-0.4, -0.2) is 33.9 Å². The van der Waals surface area contributed by atoms with E-state index in [0.717, 1.165) is 66.4 Å². The molecule has 1 aliphatic rings. The summed E-state index contributed by atoms with van der Waals surface area (Å²) in [7, 11) is 0. The van der Waals surface area contributed by atoms with E-state index in [2.05, 4.69) is 73.8 Å². The van der Waals surface area contributed by atoms with E-state index in [9.17, 15) is 0 Å². The van der Waals surface area contributed by atoms with Crippen LogP contribution in [0.15, 0.2) is 60.7 Å². The number of rotatable bonds is 6. The lowest BCUT2D eigenvalue weighted by molar-refractivity contribution is 0.120. The lowest BCUT2D eigenvalue weighted by Crippen LogP contribution is -2.21. The number of anilines is 1. The van der Waals surface area contributed by atoms with Crippen molar-refractivity contribution in [1.82, 2.24) is 14.6 Å². The number of fused-ring (bicyclic) bond motifs is 1. The van der Waals surface area contributed by atoms with Crippen LogP contribution < -0.4 is 5.32 Å². The van der Waals surface area contributed by atoms with Crippen molar-refractivity contribution < 1.29 is 4.74 Å². The first-order chi connectivity index (χ1) is 15.2. The third-order valence-electron chi connectivity index (χ3n) is 6.05. The molecule has 4 aromatic rings. The quantitative estimate of drug-likeness (QED) is 0.473. The van der Waals surface area contributed by atoms with Gasteiger partial charge in [0.15, 0.2) is 5.65 Å². The minimum absolute atomic E-state index is 0.248. The standard InChI is InChI=1S/C26H28N4O/c1-18-23(16-20-10-5-3-6-11-20)25(27-17-22-14-9-15-31-22)30-26(28-18)24(19(2)29-30)21-12-7-4-8-13-21/h3-8,10-13,22,27H,9,14-17H2,1-2H3/t22-/m1/s1. The molecule has 5 heteroatoms. The van der Waals surface area contributed by atoms with Crippen molar-refractivity contribution in [3.63, 3.8) is 0 Å². The molecule has 0 radical (unpaired) electrons. The third kappa shape index (κ3) is 3.93. The van der Waals surface area contributed by atoms with Crippen molar-refractivity contribution in [2.45, 2.75) is 39.2 Å². The maximum atomic E-state index is 5.87. The first kappa shape index (κ1) is 19.8. The molecule has 0 amide bonds. The Balaban J connectivity index is 1.64. The van der Waals surface area contributed by atoms with Gasteiger partial charge in [-0.1, -0.05) is 60.7 Å². The van der Waals surface area contributed by atoms with Crippen LogP contribution in [0.5, 0.6) is 0 Å². The number of aryl methyl sites for hydroxylation is 2. The average molecular weight is 413 g/mol. The zero-order chi connectivity index (χ0) is 21.2. The molecular formula is C26H28N4O. The van der Waals surface area contributed by atoms with Crippen molar-refractivity contribution in [1.29, 1.82) is 0 Å². The molecule has 1 atom stereocenters. The van der Waals surface area contributed by atoms with Crippen LogP contribution in [0.2, 0.25) is 0 Å². The Hall–Kier alpha value is -3.18. The summed E-state index contributed by atoms with van der Waals surface area (Å²) in [5.74, 6) is 1.02. The van der Waals surface area contributed by atoms with E-state index < -0.39 is 0 Å². The summed E-state index contributed by atoms with van der Waals surface area (Å²) in [5.41, 5.74) is 7.59. The molecule has 0 spiro atoms. The van der Waals surface area contributed by atoms with Gasteiger partial charge >= 0.3 is 0 Å². The number of nitrogens with one attached hydrogen (secondary N) is 1. The first-order valence-corrected chi connectivity index (χ1v) is 11.0. The highest BCUT2D eigenvalue weighted by Gasteiger charge is 2.22. The smallest absolute Gasteiger partial charge is 0.165 e. The lowest BCUT2D eigenvalue weighted by atomic mass is 10.0. The highest BCUT2D eigenvalue weighted by Crippen LogP contribution is 2.32. The van der Waals surface area contributed by atoms with E-state index in [1.165, 1.54) is 11.1 Å². The molecule has 3 heterocycles. The molecule has 0 aliphatic carbocycles. The molecule has 5 nitrogen and oxygen atoms in total. The predicted octanol–water partition coefficient (Wildman–Crippen LogP) is 5.19. The molecule has 2 aromatic heterocycles. The van der Waals surface area contributed by atoms with Gasteiger partial charge in [0.25, 0.3) is 0 Å². The monoisotopic (exact) mass is 412 g/mol. The molecule has 0 saturated carbocycles. The second-order valence-electron chi connectivity index (χ2n) is 8.26. The van der Waals surface area contributed by atoms with Gasteiger partial charge in [-0.3, -0.25) is 0 Å². The molecular weight excluding hydrogens is 384 g/mol. The fourth-order valence-corrected chi connectivity index (χ4v) is 4.45. The molecule has 158 valence electrons. The fourth-order valence-electron chi connectivity index (χ4n) is 4.45. The highest BCUT2D eigenvalue weighted by molar-refractivity contribution is 5.81. The first-order valence-electron chi connectivity index (χ1n) is 11.0. The van der Waals surface area contributed by atoms with E-state index in [-0.39, 0.29) is 6.10 Å². The zero-order valence-corrected chi connectivity index (χ0v) is 18.1. The SMILES string of the molecule is Cc1nc2c(-c3ccccc3)c(C)nn2c(NC[C@H]2CCCO2)c1Cc1ccccc1. The Morgan fingerprint density at radius 3 is 2.45 bits per heavy atom. The number of benzene rings is 2. The Bertz CT molecular complexity index is 1180. The van der Waals surface area contributed by atoms with Crippen LogP contribution in [0.1, 0.15) is 35.4 Å². The molecule has 1 fully saturated rings. The molecule has 0 bridgehead atoms. The summed E-state index contributed by atoms with van der Waals surface area (Å²) in [6.07, 6.45) is 3.29. The summed E-state index contributed by atoms with van der Waals surface area (Å²) in [6.45, 7) is 5.80. The van der Waals surface area contributed by atoms with Gasteiger partial charge in [0.1, 0.15) is 5.82 Å². The second-order valence-corrected chi connectivity index (χ2v) is 8.26. The molecule has 1 aliphatic heterocycles. The van der Waals surface area contributed by atoms with Crippen LogP contribution >= 0.6 is 0 Å².